The number of ether oxygens (including phenoxy) is 1. The van der Waals surface area contributed by atoms with Crippen LogP contribution in [-0.2, 0) is 16.0 Å². The van der Waals surface area contributed by atoms with Crippen LogP contribution in [0.4, 0.5) is 5.69 Å². The number of rotatable bonds is 5. The van der Waals surface area contributed by atoms with Crippen LogP contribution in [0, 0.1) is 6.92 Å². The van der Waals surface area contributed by atoms with E-state index in [1.165, 1.54) is 12.7 Å². The minimum absolute atomic E-state index is 0.261. The number of methoxy groups -OCH3 is 1. The molecule has 0 aromatic heterocycles. The van der Waals surface area contributed by atoms with Gasteiger partial charge in [-0.25, -0.2) is 0 Å². The number of hydrogen-bond acceptors (Lipinski definition) is 3. The van der Waals surface area contributed by atoms with Gasteiger partial charge in [0, 0.05) is 0 Å². The summed E-state index contributed by atoms with van der Waals surface area (Å²) >= 11 is 0. The summed E-state index contributed by atoms with van der Waals surface area (Å²) in [6.07, 6.45) is 0.960. The zero-order chi connectivity index (χ0) is 18.4. The molecule has 0 radical (unpaired) electrons. The maximum atomic E-state index is 12.2. The third kappa shape index (κ3) is 4.83. The third-order valence-electron chi connectivity index (χ3n) is 4.04. The molecule has 0 spiro atoms. The highest BCUT2D eigenvalue weighted by molar-refractivity contribution is 6.39. The number of benzene rings is 2. The van der Waals surface area contributed by atoms with E-state index in [0.29, 0.717) is 11.4 Å². The van der Waals surface area contributed by atoms with Gasteiger partial charge in [-0.3, -0.25) is 9.59 Å². The van der Waals surface area contributed by atoms with Crippen molar-refractivity contribution in [2.45, 2.75) is 33.2 Å². The summed E-state index contributed by atoms with van der Waals surface area (Å²) in [4.78, 5) is 24.4. The number of aryl methyl sites for hydroxylation is 2. The topological polar surface area (TPSA) is 67.4 Å². The molecular weight excluding hydrogens is 316 g/mol. The molecule has 0 heterocycles. The van der Waals surface area contributed by atoms with Crippen molar-refractivity contribution >= 4 is 17.5 Å². The first kappa shape index (κ1) is 18.5. The summed E-state index contributed by atoms with van der Waals surface area (Å²) in [5.41, 5.74) is 3.61. The van der Waals surface area contributed by atoms with Gasteiger partial charge in [-0.2, -0.15) is 0 Å². The van der Waals surface area contributed by atoms with E-state index in [1.807, 2.05) is 44.2 Å². The Labute approximate surface area is 148 Å². The highest BCUT2D eigenvalue weighted by atomic mass is 16.5. The van der Waals surface area contributed by atoms with Gasteiger partial charge in [0.1, 0.15) is 5.75 Å². The fourth-order valence-corrected chi connectivity index (χ4v) is 2.49. The summed E-state index contributed by atoms with van der Waals surface area (Å²) in [6, 6.07) is 13.1. The van der Waals surface area contributed by atoms with Crippen LogP contribution in [-0.4, -0.2) is 18.9 Å². The van der Waals surface area contributed by atoms with E-state index in [-0.39, 0.29) is 6.04 Å². The van der Waals surface area contributed by atoms with E-state index in [1.54, 1.807) is 12.1 Å². The normalized spacial score (nSPS) is 11.5. The monoisotopic (exact) mass is 340 g/mol. The van der Waals surface area contributed by atoms with Crippen LogP contribution in [0.5, 0.6) is 5.75 Å². The largest absolute Gasteiger partial charge is 0.495 e. The Balaban J connectivity index is 2.02. The van der Waals surface area contributed by atoms with Gasteiger partial charge in [-0.05, 0) is 49.1 Å². The fraction of sp³-hybridized carbons (Fsp3) is 0.300. The van der Waals surface area contributed by atoms with Crippen molar-refractivity contribution in [3.8, 4) is 5.75 Å². The number of anilines is 1. The first-order valence-corrected chi connectivity index (χ1v) is 8.30. The molecule has 1 atom stereocenters. The number of carbonyl (C=O) groups is 2. The molecule has 2 aromatic rings. The number of carbonyl (C=O) groups excluding carboxylic acids is 2. The van der Waals surface area contributed by atoms with Gasteiger partial charge < -0.3 is 15.4 Å². The summed E-state index contributed by atoms with van der Waals surface area (Å²) in [5, 5.41) is 5.32. The maximum absolute atomic E-state index is 12.2. The van der Waals surface area contributed by atoms with Crippen molar-refractivity contribution in [2.75, 3.05) is 12.4 Å². The average Bonchev–Trinajstić information content (AvgIpc) is 2.61. The van der Waals surface area contributed by atoms with Crippen LogP contribution in [0.15, 0.2) is 42.5 Å². The first-order valence-electron chi connectivity index (χ1n) is 8.30. The molecule has 0 bridgehead atoms. The Hall–Kier alpha value is -2.82. The van der Waals surface area contributed by atoms with Crippen molar-refractivity contribution in [2.24, 2.45) is 0 Å². The van der Waals surface area contributed by atoms with Gasteiger partial charge in [0.25, 0.3) is 0 Å². The molecule has 0 fully saturated rings. The molecule has 0 saturated carbocycles. The van der Waals surface area contributed by atoms with Crippen molar-refractivity contribution in [1.82, 2.24) is 5.32 Å². The van der Waals surface area contributed by atoms with Crippen molar-refractivity contribution in [3.63, 3.8) is 0 Å². The van der Waals surface area contributed by atoms with Crippen molar-refractivity contribution < 1.29 is 14.3 Å². The smallest absolute Gasteiger partial charge is 0.313 e. The molecule has 132 valence electrons. The van der Waals surface area contributed by atoms with Gasteiger partial charge in [0.05, 0.1) is 18.8 Å². The zero-order valence-corrected chi connectivity index (χ0v) is 15.1. The number of nitrogens with one attached hydrogen (secondary N) is 2. The Morgan fingerprint density at radius 3 is 2.36 bits per heavy atom. The van der Waals surface area contributed by atoms with Crippen molar-refractivity contribution in [1.29, 1.82) is 0 Å². The van der Waals surface area contributed by atoms with Crippen LogP contribution in [0.2, 0.25) is 0 Å². The zero-order valence-electron chi connectivity index (χ0n) is 15.1. The number of amides is 2. The van der Waals surface area contributed by atoms with E-state index in [0.717, 1.165) is 17.5 Å². The van der Waals surface area contributed by atoms with Crippen molar-refractivity contribution in [3.05, 3.63) is 59.2 Å². The minimum Gasteiger partial charge on any atom is -0.495 e. The lowest BCUT2D eigenvalue weighted by Gasteiger charge is -2.15. The molecule has 2 amide bonds. The quantitative estimate of drug-likeness (QED) is 0.820. The van der Waals surface area contributed by atoms with Crippen LogP contribution >= 0.6 is 0 Å². The molecule has 25 heavy (non-hydrogen) atoms. The second kappa shape index (κ2) is 8.33. The van der Waals surface area contributed by atoms with E-state index >= 15 is 0 Å². The molecule has 2 rings (SSSR count). The molecule has 0 aliphatic rings. The SMILES string of the molecule is CCc1ccc(C(C)NC(=O)C(=O)Nc2cc(C)ccc2OC)cc1. The van der Waals surface area contributed by atoms with Crippen LogP contribution in [0.1, 0.15) is 36.6 Å². The highest BCUT2D eigenvalue weighted by Crippen LogP contribution is 2.25. The standard InChI is InChI=1S/C20H24N2O3/c1-5-15-7-9-16(10-8-15)14(3)21-19(23)20(24)22-17-12-13(2)6-11-18(17)25-4/h6-12,14H,5H2,1-4H3,(H,21,23)(H,22,24). The highest BCUT2D eigenvalue weighted by Gasteiger charge is 2.18. The van der Waals surface area contributed by atoms with Gasteiger partial charge in [-0.15, -0.1) is 0 Å². The second-order valence-corrected chi connectivity index (χ2v) is 5.95. The van der Waals surface area contributed by atoms with E-state index in [2.05, 4.69) is 17.6 Å². The molecule has 1 unspecified atom stereocenters. The lowest BCUT2D eigenvalue weighted by atomic mass is 10.0. The predicted molar refractivity (Wildman–Crippen MR) is 98.7 cm³/mol. The molecule has 5 heteroatoms. The van der Waals surface area contributed by atoms with Gasteiger partial charge in [0.2, 0.25) is 0 Å². The fourth-order valence-electron chi connectivity index (χ4n) is 2.49. The van der Waals surface area contributed by atoms with Gasteiger partial charge >= 0.3 is 11.8 Å². The van der Waals surface area contributed by atoms with Gasteiger partial charge in [0.15, 0.2) is 0 Å². The molecule has 0 aliphatic heterocycles. The Kier molecular flexibility index (Phi) is 6.17. The van der Waals surface area contributed by atoms with Crippen LogP contribution < -0.4 is 15.4 Å². The third-order valence-corrected chi connectivity index (χ3v) is 4.04. The Morgan fingerprint density at radius 1 is 1.08 bits per heavy atom. The van der Waals surface area contributed by atoms with E-state index < -0.39 is 11.8 Å². The molecule has 2 N–H and O–H groups in total. The van der Waals surface area contributed by atoms with Crippen LogP contribution in [0.3, 0.4) is 0 Å². The maximum Gasteiger partial charge on any atom is 0.313 e. The van der Waals surface area contributed by atoms with E-state index in [4.69, 9.17) is 4.74 Å². The predicted octanol–water partition coefficient (Wildman–Crippen LogP) is 3.38. The lowest BCUT2D eigenvalue weighted by molar-refractivity contribution is -0.136. The molecule has 5 nitrogen and oxygen atoms in total. The summed E-state index contributed by atoms with van der Waals surface area (Å²) in [7, 11) is 1.52. The summed E-state index contributed by atoms with van der Waals surface area (Å²) in [6.45, 7) is 5.83. The molecule has 2 aromatic carbocycles. The lowest BCUT2D eigenvalue weighted by Crippen LogP contribution is -2.37. The Bertz CT molecular complexity index is 754. The second-order valence-electron chi connectivity index (χ2n) is 5.95. The molecule has 0 saturated heterocycles. The molecule has 0 aliphatic carbocycles. The summed E-state index contributed by atoms with van der Waals surface area (Å²) < 4.78 is 5.21. The summed E-state index contributed by atoms with van der Waals surface area (Å²) in [5.74, 6) is -0.897. The number of hydrogen-bond donors (Lipinski definition) is 2. The Morgan fingerprint density at radius 2 is 1.76 bits per heavy atom. The van der Waals surface area contributed by atoms with Gasteiger partial charge in [-0.1, -0.05) is 37.3 Å². The average molecular weight is 340 g/mol. The first-order chi connectivity index (χ1) is 11.9. The van der Waals surface area contributed by atoms with E-state index in [9.17, 15) is 9.59 Å². The molecular formula is C20H24N2O3. The minimum atomic E-state index is -0.721. The van der Waals surface area contributed by atoms with Crippen LogP contribution in [0.25, 0.3) is 0 Å².